The van der Waals surface area contributed by atoms with E-state index in [0.717, 1.165) is 32.1 Å². The molecular formula is C22H34O3. The average molecular weight is 347 g/mol. The number of rotatable bonds is 2. The molecular weight excluding hydrogens is 312 g/mol. The number of hydrogen-bond donors (Lipinski definition) is 1. The molecule has 1 N–H and O–H groups in total. The van der Waals surface area contributed by atoms with Gasteiger partial charge in [-0.3, -0.25) is 4.79 Å². The van der Waals surface area contributed by atoms with Crippen LogP contribution in [0.3, 0.4) is 0 Å². The molecule has 3 nitrogen and oxygen atoms in total. The van der Waals surface area contributed by atoms with Gasteiger partial charge in [0.2, 0.25) is 0 Å². The Labute approximate surface area is 152 Å². The molecule has 0 aromatic heterocycles. The summed E-state index contributed by atoms with van der Waals surface area (Å²) in [4.78, 5) is 13.4. The molecule has 4 aliphatic rings. The Morgan fingerprint density at radius 2 is 2.04 bits per heavy atom. The summed E-state index contributed by atoms with van der Waals surface area (Å²) in [5, 5.41) is 10.5. The fourth-order valence-electron chi connectivity index (χ4n) is 7.36. The number of ether oxygens (including phenoxy) is 1. The van der Waals surface area contributed by atoms with E-state index in [2.05, 4.69) is 20.4 Å². The number of fused-ring (bicyclic) bond motifs is 5. The van der Waals surface area contributed by atoms with Gasteiger partial charge in [-0.2, -0.15) is 0 Å². The molecule has 0 aromatic carbocycles. The summed E-state index contributed by atoms with van der Waals surface area (Å²) in [5.41, 5.74) is 1.34. The molecule has 25 heavy (non-hydrogen) atoms. The van der Waals surface area contributed by atoms with Crippen molar-refractivity contribution in [3.8, 4) is 0 Å². The van der Waals surface area contributed by atoms with Crippen LogP contribution in [-0.2, 0) is 9.53 Å². The molecule has 3 heteroatoms. The lowest BCUT2D eigenvalue weighted by Gasteiger charge is -2.60. The van der Waals surface area contributed by atoms with Crippen LogP contribution in [0.25, 0.3) is 0 Å². The second kappa shape index (κ2) is 5.92. The standard InChI is InChI=1S/C22H34O3/c1-5-25-19-12-22(4)14(10-17(19)23)7-8-15-16-9-6-13(2)21(16,3)11-18(24)20(15)22/h14-17,19-20,23H,2,5-12H2,1,3-4H3/t14-,15-,16-,17-,19-,20+,21+,22-/m0/s1. The van der Waals surface area contributed by atoms with Gasteiger partial charge in [0.1, 0.15) is 5.78 Å². The maximum atomic E-state index is 13.4. The van der Waals surface area contributed by atoms with E-state index in [1.54, 1.807) is 0 Å². The van der Waals surface area contributed by atoms with Crippen molar-refractivity contribution in [3.05, 3.63) is 12.2 Å². The second-order valence-corrected chi connectivity index (χ2v) is 9.73. The van der Waals surface area contributed by atoms with E-state index in [-0.39, 0.29) is 29.0 Å². The third-order valence-corrected chi connectivity index (χ3v) is 8.68. The van der Waals surface area contributed by atoms with Gasteiger partial charge in [0.25, 0.3) is 0 Å². The zero-order valence-electron chi connectivity index (χ0n) is 16.1. The van der Waals surface area contributed by atoms with E-state index in [1.165, 1.54) is 12.0 Å². The van der Waals surface area contributed by atoms with Crippen molar-refractivity contribution in [1.29, 1.82) is 0 Å². The summed E-state index contributed by atoms with van der Waals surface area (Å²) in [6, 6.07) is 0. The van der Waals surface area contributed by atoms with Crippen molar-refractivity contribution in [2.45, 2.75) is 77.9 Å². The first-order valence-corrected chi connectivity index (χ1v) is 10.3. The maximum absolute atomic E-state index is 13.4. The minimum absolute atomic E-state index is 0.00960. The quantitative estimate of drug-likeness (QED) is 0.764. The van der Waals surface area contributed by atoms with E-state index in [0.29, 0.717) is 36.6 Å². The minimum Gasteiger partial charge on any atom is -0.390 e. The van der Waals surface area contributed by atoms with Gasteiger partial charge in [-0.05, 0) is 74.0 Å². The molecule has 0 amide bonds. The molecule has 0 spiro atoms. The molecule has 0 aliphatic heterocycles. The molecule has 0 heterocycles. The number of Topliss-reactive ketones (excluding diaryl/α,β-unsaturated/α-hetero) is 1. The van der Waals surface area contributed by atoms with Crippen LogP contribution in [0.4, 0.5) is 0 Å². The summed E-state index contributed by atoms with van der Waals surface area (Å²) in [5.74, 6) is 2.21. The van der Waals surface area contributed by atoms with Crippen molar-refractivity contribution in [3.63, 3.8) is 0 Å². The van der Waals surface area contributed by atoms with Crippen LogP contribution in [0.5, 0.6) is 0 Å². The van der Waals surface area contributed by atoms with Crippen molar-refractivity contribution in [2.75, 3.05) is 6.61 Å². The lowest BCUT2D eigenvalue weighted by molar-refractivity contribution is -0.175. The number of hydrogen-bond acceptors (Lipinski definition) is 3. The van der Waals surface area contributed by atoms with Gasteiger partial charge in [0.15, 0.2) is 0 Å². The van der Waals surface area contributed by atoms with Crippen molar-refractivity contribution >= 4 is 5.78 Å². The smallest absolute Gasteiger partial charge is 0.137 e. The van der Waals surface area contributed by atoms with Gasteiger partial charge < -0.3 is 9.84 Å². The number of aliphatic hydroxyl groups excluding tert-OH is 1. The molecule has 4 rings (SSSR count). The van der Waals surface area contributed by atoms with Crippen LogP contribution in [0, 0.1) is 34.5 Å². The van der Waals surface area contributed by atoms with Crippen LogP contribution in [0.1, 0.15) is 65.7 Å². The van der Waals surface area contributed by atoms with Crippen LogP contribution in [0.15, 0.2) is 12.2 Å². The lowest BCUT2D eigenvalue weighted by atomic mass is 9.44. The maximum Gasteiger partial charge on any atom is 0.137 e. The van der Waals surface area contributed by atoms with Crippen molar-refractivity contribution < 1.29 is 14.6 Å². The highest BCUT2D eigenvalue weighted by molar-refractivity contribution is 5.85. The number of ketones is 1. The lowest BCUT2D eigenvalue weighted by Crippen LogP contribution is -2.59. The van der Waals surface area contributed by atoms with E-state index in [4.69, 9.17) is 4.74 Å². The Bertz CT molecular complexity index is 584. The van der Waals surface area contributed by atoms with Crippen molar-refractivity contribution in [1.82, 2.24) is 0 Å². The molecule has 4 saturated carbocycles. The number of allylic oxidation sites excluding steroid dienone is 1. The Morgan fingerprint density at radius 1 is 1.28 bits per heavy atom. The number of carbonyl (C=O) groups excluding carboxylic acids is 1. The van der Waals surface area contributed by atoms with Gasteiger partial charge in [-0.15, -0.1) is 0 Å². The zero-order valence-corrected chi connectivity index (χ0v) is 16.1. The van der Waals surface area contributed by atoms with E-state index in [1.807, 2.05) is 6.92 Å². The molecule has 8 atom stereocenters. The average Bonchev–Trinajstić information content (AvgIpc) is 2.83. The molecule has 4 aliphatic carbocycles. The van der Waals surface area contributed by atoms with Crippen LogP contribution in [-0.4, -0.2) is 29.7 Å². The highest BCUT2D eigenvalue weighted by Crippen LogP contribution is 2.66. The molecule has 140 valence electrons. The monoisotopic (exact) mass is 346 g/mol. The Hall–Kier alpha value is -0.670. The predicted molar refractivity (Wildman–Crippen MR) is 98.1 cm³/mol. The minimum atomic E-state index is -0.371. The summed E-state index contributed by atoms with van der Waals surface area (Å²) < 4.78 is 5.87. The topological polar surface area (TPSA) is 46.5 Å². The molecule has 0 bridgehead atoms. The highest BCUT2D eigenvalue weighted by Gasteiger charge is 2.62. The van der Waals surface area contributed by atoms with E-state index < -0.39 is 0 Å². The molecule has 0 radical (unpaired) electrons. The van der Waals surface area contributed by atoms with Gasteiger partial charge in [0.05, 0.1) is 12.2 Å². The first-order chi connectivity index (χ1) is 11.8. The zero-order chi connectivity index (χ0) is 18.0. The molecule has 0 aromatic rings. The molecule has 4 fully saturated rings. The van der Waals surface area contributed by atoms with Crippen LogP contribution >= 0.6 is 0 Å². The SMILES string of the molecule is C=C1CC[C@H]2[C@@H]3CC[C@H]4C[C@H](O)[C@@H](OCC)C[C@]4(C)[C@H]3C(=O)C[C@]12C. The second-order valence-electron chi connectivity index (χ2n) is 9.73. The van der Waals surface area contributed by atoms with E-state index >= 15 is 0 Å². The van der Waals surface area contributed by atoms with Crippen LogP contribution < -0.4 is 0 Å². The first-order valence-electron chi connectivity index (χ1n) is 10.3. The molecule has 0 unspecified atom stereocenters. The fourth-order valence-corrected chi connectivity index (χ4v) is 7.36. The largest absolute Gasteiger partial charge is 0.390 e. The fraction of sp³-hybridized carbons (Fsp3) is 0.864. The Morgan fingerprint density at radius 3 is 2.76 bits per heavy atom. The molecule has 0 saturated heterocycles. The van der Waals surface area contributed by atoms with E-state index in [9.17, 15) is 9.90 Å². The third kappa shape index (κ3) is 2.41. The highest BCUT2D eigenvalue weighted by atomic mass is 16.5. The van der Waals surface area contributed by atoms with Crippen molar-refractivity contribution in [2.24, 2.45) is 34.5 Å². The van der Waals surface area contributed by atoms with Gasteiger partial charge in [-0.1, -0.05) is 26.0 Å². The predicted octanol–water partition coefficient (Wildman–Crippen LogP) is 4.14. The van der Waals surface area contributed by atoms with Gasteiger partial charge >= 0.3 is 0 Å². The number of carbonyl (C=O) groups is 1. The summed E-state index contributed by atoms with van der Waals surface area (Å²) in [7, 11) is 0. The van der Waals surface area contributed by atoms with Gasteiger partial charge in [0, 0.05) is 18.9 Å². The van der Waals surface area contributed by atoms with Crippen LogP contribution in [0.2, 0.25) is 0 Å². The first kappa shape index (κ1) is 17.7. The third-order valence-electron chi connectivity index (χ3n) is 8.68. The normalized spacial score (nSPS) is 52.5. The van der Waals surface area contributed by atoms with Gasteiger partial charge in [-0.25, -0.2) is 0 Å². The summed E-state index contributed by atoms with van der Waals surface area (Å²) >= 11 is 0. The number of aliphatic hydroxyl groups is 1. The Kier molecular flexibility index (Phi) is 4.20. The Balaban J connectivity index is 1.67. The summed E-state index contributed by atoms with van der Waals surface area (Å²) in [6.07, 6.45) is 6.45. The summed E-state index contributed by atoms with van der Waals surface area (Å²) in [6.45, 7) is 11.6.